The lowest BCUT2D eigenvalue weighted by molar-refractivity contribution is 0.298. The molecule has 78 valence electrons. The molecule has 1 fully saturated rings. The summed E-state index contributed by atoms with van der Waals surface area (Å²) in [7, 11) is 0. The van der Waals surface area contributed by atoms with Crippen LogP contribution in [0.2, 0.25) is 0 Å². The number of thioether (sulfide) groups is 1. The fourth-order valence-electron chi connectivity index (χ4n) is 1.66. The van der Waals surface area contributed by atoms with E-state index in [1.54, 1.807) is 11.3 Å². The topological polar surface area (TPSA) is 33.1 Å². The van der Waals surface area contributed by atoms with E-state index >= 15 is 0 Å². The van der Waals surface area contributed by atoms with Crippen LogP contribution in [0, 0.1) is 5.92 Å². The molecular formula is C10H15NOS2. The molecule has 4 heteroatoms. The maximum atomic E-state index is 8.77. The van der Waals surface area contributed by atoms with Crippen molar-refractivity contribution >= 4 is 23.1 Å². The van der Waals surface area contributed by atoms with Crippen LogP contribution in [0.5, 0.6) is 0 Å². The minimum atomic E-state index is 0.211. The van der Waals surface area contributed by atoms with Crippen molar-refractivity contribution in [1.29, 1.82) is 0 Å². The summed E-state index contributed by atoms with van der Waals surface area (Å²) in [6, 6.07) is 0. The summed E-state index contributed by atoms with van der Waals surface area (Å²) in [4.78, 5) is 4.51. The summed E-state index contributed by atoms with van der Waals surface area (Å²) in [5, 5.41) is 12.1. The first-order valence-electron chi connectivity index (χ1n) is 5.00. The van der Waals surface area contributed by atoms with Crippen molar-refractivity contribution in [2.75, 3.05) is 18.1 Å². The fourth-order valence-corrected chi connectivity index (χ4v) is 3.89. The van der Waals surface area contributed by atoms with Gasteiger partial charge in [-0.1, -0.05) is 0 Å². The maximum Gasteiger partial charge on any atom is 0.0931 e. The van der Waals surface area contributed by atoms with Crippen molar-refractivity contribution in [3.8, 4) is 0 Å². The summed E-state index contributed by atoms with van der Waals surface area (Å²) >= 11 is 3.80. The van der Waals surface area contributed by atoms with Crippen molar-refractivity contribution in [1.82, 2.24) is 4.98 Å². The highest BCUT2D eigenvalue weighted by Gasteiger charge is 2.17. The first-order valence-corrected chi connectivity index (χ1v) is 7.04. The predicted octanol–water partition coefficient (Wildman–Crippen LogP) is 1.97. The smallest absolute Gasteiger partial charge is 0.0931 e. The van der Waals surface area contributed by atoms with E-state index in [1.165, 1.54) is 22.9 Å². The second kappa shape index (κ2) is 5.14. The van der Waals surface area contributed by atoms with Crippen LogP contribution in [0.3, 0.4) is 0 Å². The van der Waals surface area contributed by atoms with E-state index in [-0.39, 0.29) is 6.61 Å². The van der Waals surface area contributed by atoms with Gasteiger partial charge in [0.1, 0.15) is 0 Å². The van der Waals surface area contributed by atoms with Crippen molar-refractivity contribution in [2.24, 2.45) is 5.92 Å². The molecule has 2 heterocycles. The molecule has 2 rings (SSSR count). The Morgan fingerprint density at radius 3 is 3.21 bits per heavy atom. The highest BCUT2D eigenvalue weighted by Crippen LogP contribution is 2.27. The van der Waals surface area contributed by atoms with Gasteiger partial charge >= 0.3 is 0 Å². The molecule has 14 heavy (non-hydrogen) atoms. The molecule has 0 radical (unpaired) electrons. The van der Waals surface area contributed by atoms with E-state index in [4.69, 9.17) is 5.11 Å². The minimum Gasteiger partial charge on any atom is -0.396 e. The zero-order valence-corrected chi connectivity index (χ0v) is 9.74. The van der Waals surface area contributed by atoms with Gasteiger partial charge in [-0.25, -0.2) is 4.98 Å². The molecule has 0 aromatic carbocycles. The monoisotopic (exact) mass is 229 g/mol. The van der Waals surface area contributed by atoms with Crippen molar-refractivity contribution < 1.29 is 5.11 Å². The van der Waals surface area contributed by atoms with Crippen LogP contribution >= 0.6 is 23.1 Å². The number of hydrogen-bond acceptors (Lipinski definition) is 4. The molecule has 0 bridgehead atoms. The molecule has 1 aliphatic heterocycles. The van der Waals surface area contributed by atoms with Crippen molar-refractivity contribution in [3.63, 3.8) is 0 Å². The number of nitrogens with zero attached hydrogens (tertiary/aromatic N) is 1. The summed E-state index contributed by atoms with van der Waals surface area (Å²) in [5.74, 6) is 3.46. The average Bonchev–Trinajstić information content (AvgIpc) is 2.79. The Morgan fingerprint density at radius 1 is 1.57 bits per heavy atom. The molecule has 0 spiro atoms. The largest absolute Gasteiger partial charge is 0.396 e. The lowest BCUT2D eigenvalue weighted by atomic mass is 10.1. The van der Waals surface area contributed by atoms with E-state index in [2.05, 4.69) is 22.1 Å². The zero-order valence-electron chi connectivity index (χ0n) is 8.11. The molecule has 0 aliphatic carbocycles. The van der Waals surface area contributed by atoms with Gasteiger partial charge in [0.25, 0.3) is 0 Å². The molecule has 1 aliphatic rings. The number of thiazole rings is 1. The molecule has 0 saturated carbocycles. The Labute approximate surface area is 92.8 Å². The quantitative estimate of drug-likeness (QED) is 0.857. The van der Waals surface area contributed by atoms with Gasteiger partial charge in [-0.15, -0.1) is 11.3 Å². The van der Waals surface area contributed by atoms with Crippen LogP contribution in [-0.4, -0.2) is 28.2 Å². The maximum absolute atomic E-state index is 8.77. The Bertz CT molecular complexity index is 281. The van der Waals surface area contributed by atoms with Gasteiger partial charge in [-0.3, -0.25) is 0 Å². The Balaban J connectivity index is 1.88. The van der Waals surface area contributed by atoms with Gasteiger partial charge < -0.3 is 5.11 Å². The number of rotatable bonds is 4. The zero-order chi connectivity index (χ0) is 9.80. The van der Waals surface area contributed by atoms with Gasteiger partial charge in [0.15, 0.2) is 0 Å². The third-order valence-electron chi connectivity index (χ3n) is 2.45. The molecule has 1 unspecified atom stereocenters. The van der Waals surface area contributed by atoms with Crippen molar-refractivity contribution in [3.05, 3.63) is 16.1 Å². The van der Waals surface area contributed by atoms with Gasteiger partial charge in [0.05, 0.1) is 10.7 Å². The van der Waals surface area contributed by atoms with Crippen LogP contribution in [0.4, 0.5) is 0 Å². The third-order valence-corrected chi connectivity index (χ3v) is 4.61. The summed E-state index contributed by atoms with van der Waals surface area (Å²) in [5.41, 5.74) is 1.05. The fraction of sp³-hybridized carbons (Fsp3) is 0.700. The summed E-state index contributed by atoms with van der Waals surface area (Å²) < 4.78 is 0. The van der Waals surface area contributed by atoms with Gasteiger partial charge in [0, 0.05) is 24.8 Å². The average molecular weight is 229 g/mol. The van der Waals surface area contributed by atoms with Crippen molar-refractivity contribution in [2.45, 2.75) is 19.3 Å². The van der Waals surface area contributed by atoms with E-state index in [0.717, 1.165) is 18.0 Å². The predicted molar refractivity (Wildman–Crippen MR) is 62.0 cm³/mol. The first kappa shape index (κ1) is 10.5. The van der Waals surface area contributed by atoms with Gasteiger partial charge in [-0.05, 0) is 23.8 Å². The molecule has 2 nitrogen and oxygen atoms in total. The van der Waals surface area contributed by atoms with E-state index in [9.17, 15) is 0 Å². The van der Waals surface area contributed by atoms with Crippen LogP contribution in [0.25, 0.3) is 0 Å². The first-order chi connectivity index (χ1) is 6.88. The van der Waals surface area contributed by atoms with E-state index < -0.39 is 0 Å². The number of hydrogen-bond donors (Lipinski definition) is 1. The highest BCUT2D eigenvalue weighted by molar-refractivity contribution is 7.99. The molecule has 1 N–H and O–H groups in total. The second-order valence-corrected chi connectivity index (χ2v) is 5.73. The SMILES string of the molecule is OCCc1csc(CC2CCSC2)n1. The van der Waals surface area contributed by atoms with E-state index in [0.29, 0.717) is 6.42 Å². The Kier molecular flexibility index (Phi) is 3.84. The van der Waals surface area contributed by atoms with Gasteiger partial charge in [0.2, 0.25) is 0 Å². The van der Waals surface area contributed by atoms with Gasteiger partial charge in [-0.2, -0.15) is 11.8 Å². The van der Waals surface area contributed by atoms with Crippen LogP contribution in [0.15, 0.2) is 5.38 Å². The molecule has 1 aromatic rings. The highest BCUT2D eigenvalue weighted by atomic mass is 32.2. The number of aliphatic hydroxyl groups excluding tert-OH is 1. The summed E-state index contributed by atoms with van der Waals surface area (Å²) in [6.07, 6.45) is 3.19. The minimum absolute atomic E-state index is 0.211. The molecule has 1 aromatic heterocycles. The third kappa shape index (κ3) is 2.72. The number of aliphatic hydroxyl groups is 1. The molecule has 1 saturated heterocycles. The Hall–Kier alpha value is -0.0600. The lowest BCUT2D eigenvalue weighted by Crippen LogP contribution is -2.02. The number of aromatic nitrogens is 1. The van der Waals surface area contributed by atoms with Crippen LogP contribution in [0.1, 0.15) is 17.1 Å². The van der Waals surface area contributed by atoms with E-state index in [1.807, 2.05) is 0 Å². The normalized spacial score (nSPS) is 21.6. The molecular weight excluding hydrogens is 214 g/mol. The standard InChI is InChI=1S/C10H15NOS2/c12-3-1-9-7-14-10(11-9)5-8-2-4-13-6-8/h7-8,12H,1-6H2. The lowest BCUT2D eigenvalue weighted by Gasteiger charge is -2.03. The second-order valence-electron chi connectivity index (χ2n) is 3.64. The molecule has 1 atom stereocenters. The molecule has 0 amide bonds. The summed E-state index contributed by atoms with van der Waals surface area (Å²) in [6.45, 7) is 0.211. The van der Waals surface area contributed by atoms with Crippen LogP contribution in [-0.2, 0) is 12.8 Å². The van der Waals surface area contributed by atoms with Crippen LogP contribution < -0.4 is 0 Å². The Morgan fingerprint density at radius 2 is 2.50 bits per heavy atom.